The largest absolute Gasteiger partial charge is 0.497 e. The summed E-state index contributed by atoms with van der Waals surface area (Å²) in [7, 11) is 3.19. The average Bonchev–Trinajstić information content (AvgIpc) is 2.89. The van der Waals surface area contributed by atoms with Crippen LogP contribution in [0.4, 0.5) is 19.0 Å². The fourth-order valence-corrected chi connectivity index (χ4v) is 4.79. The number of nitrogens with zero attached hydrogens (tertiary/aromatic N) is 2. The zero-order valence-corrected chi connectivity index (χ0v) is 21.2. The molecule has 3 aromatic rings. The van der Waals surface area contributed by atoms with Crippen LogP contribution in [-0.2, 0) is 24.1 Å². The molecule has 0 saturated heterocycles. The number of ether oxygens (including phenoxy) is 2. The molecule has 2 aromatic carbocycles. The second kappa shape index (κ2) is 11.2. The predicted molar refractivity (Wildman–Crippen MR) is 136 cm³/mol. The maximum atomic E-state index is 14.0. The van der Waals surface area contributed by atoms with Crippen molar-refractivity contribution in [2.24, 2.45) is 5.92 Å². The van der Waals surface area contributed by atoms with Gasteiger partial charge >= 0.3 is 6.18 Å². The van der Waals surface area contributed by atoms with E-state index >= 15 is 0 Å². The van der Waals surface area contributed by atoms with Gasteiger partial charge in [0.25, 0.3) is 0 Å². The molecule has 8 heteroatoms. The molecule has 0 N–H and O–H groups in total. The number of halogens is 3. The Morgan fingerprint density at radius 2 is 1.43 bits per heavy atom. The lowest BCUT2D eigenvalue weighted by Gasteiger charge is -2.31. The maximum Gasteiger partial charge on any atom is 0.418 e. The van der Waals surface area contributed by atoms with Crippen molar-refractivity contribution in [3.63, 3.8) is 0 Å². The monoisotopic (exact) mass is 512 g/mol. The highest BCUT2D eigenvalue weighted by Crippen LogP contribution is 2.42. The van der Waals surface area contributed by atoms with Crippen molar-refractivity contribution in [3.8, 4) is 11.5 Å². The molecule has 5 nitrogen and oxygen atoms in total. The first-order valence-corrected chi connectivity index (χ1v) is 12.3. The number of rotatable bonds is 8. The number of anilines is 1. The number of methoxy groups -OCH3 is 2. The predicted octanol–water partition coefficient (Wildman–Crippen LogP) is 6.80. The SMILES string of the molecule is COc1ccc(CN(Cc2ccc(OC)cc2)c2ccc(C(F)(F)F)c(C3CC(=O)CCC3C)n2)cc1. The minimum absolute atomic E-state index is 0.0169. The van der Waals surface area contributed by atoms with Gasteiger partial charge in [-0.15, -0.1) is 0 Å². The number of hydrogen-bond acceptors (Lipinski definition) is 5. The van der Waals surface area contributed by atoms with Gasteiger partial charge in [0, 0.05) is 31.8 Å². The van der Waals surface area contributed by atoms with Gasteiger partial charge in [0.2, 0.25) is 0 Å². The highest BCUT2D eigenvalue weighted by atomic mass is 19.4. The normalized spacial score (nSPS) is 17.9. The molecule has 1 aliphatic carbocycles. The highest BCUT2D eigenvalue weighted by molar-refractivity contribution is 5.80. The van der Waals surface area contributed by atoms with Crippen molar-refractivity contribution >= 4 is 11.6 Å². The van der Waals surface area contributed by atoms with Crippen molar-refractivity contribution in [3.05, 3.63) is 83.0 Å². The van der Waals surface area contributed by atoms with Gasteiger partial charge in [0.15, 0.2) is 0 Å². The van der Waals surface area contributed by atoms with Crippen LogP contribution >= 0.6 is 0 Å². The third kappa shape index (κ3) is 6.42. The number of Topliss-reactive ketones (excluding diaryl/α,β-unsaturated/α-hetero) is 1. The van der Waals surface area contributed by atoms with Crippen molar-refractivity contribution in [2.75, 3.05) is 19.1 Å². The van der Waals surface area contributed by atoms with Crippen molar-refractivity contribution < 1.29 is 27.4 Å². The molecule has 1 aromatic heterocycles. The quantitative estimate of drug-likeness (QED) is 0.332. The molecule has 0 radical (unpaired) electrons. The summed E-state index contributed by atoms with van der Waals surface area (Å²) in [5.41, 5.74) is 1.11. The Labute approximate surface area is 215 Å². The molecule has 4 rings (SSSR count). The average molecular weight is 513 g/mol. The van der Waals surface area contributed by atoms with Crippen LogP contribution in [-0.4, -0.2) is 25.0 Å². The Balaban J connectivity index is 1.75. The summed E-state index contributed by atoms with van der Waals surface area (Å²) in [6.45, 7) is 2.75. The number of ketones is 1. The van der Waals surface area contributed by atoms with E-state index < -0.39 is 17.7 Å². The second-order valence-corrected chi connectivity index (χ2v) is 9.52. The maximum absolute atomic E-state index is 14.0. The summed E-state index contributed by atoms with van der Waals surface area (Å²) >= 11 is 0. The molecule has 0 aliphatic heterocycles. The van der Waals surface area contributed by atoms with Crippen LogP contribution in [0.5, 0.6) is 11.5 Å². The molecule has 1 saturated carbocycles. The lowest BCUT2D eigenvalue weighted by molar-refractivity contribution is -0.139. The minimum atomic E-state index is -4.56. The van der Waals surface area contributed by atoms with Gasteiger partial charge in [-0.05, 0) is 59.9 Å². The first-order chi connectivity index (χ1) is 17.7. The molecule has 37 heavy (non-hydrogen) atoms. The topological polar surface area (TPSA) is 51.7 Å². The first kappa shape index (κ1) is 26.5. The molecule has 0 spiro atoms. The second-order valence-electron chi connectivity index (χ2n) is 9.52. The summed E-state index contributed by atoms with van der Waals surface area (Å²) in [6.07, 6.45) is -3.51. The summed E-state index contributed by atoms with van der Waals surface area (Å²) < 4.78 is 52.6. The molecular weight excluding hydrogens is 481 g/mol. The van der Waals surface area contributed by atoms with Crippen LogP contribution in [0.3, 0.4) is 0 Å². The van der Waals surface area contributed by atoms with Gasteiger partial charge in [-0.1, -0.05) is 31.2 Å². The number of alkyl halides is 3. The van der Waals surface area contributed by atoms with Gasteiger partial charge in [-0.25, -0.2) is 4.98 Å². The van der Waals surface area contributed by atoms with Crippen LogP contribution in [0.25, 0.3) is 0 Å². The van der Waals surface area contributed by atoms with E-state index in [1.165, 1.54) is 6.07 Å². The molecule has 0 bridgehead atoms. The van der Waals surface area contributed by atoms with E-state index in [1.807, 2.05) is 60.4 Å². The Hall–Kier alpha value is -3.55. The van der Waals surface area contributed by atoms with E-state index in [4.69, 9.17) is 9.47 Å². The summed E-state index contributed by atoms with van der Waals surface area (Å²) in [5.74, 6) is 1.21. The van der Waals surface area contributed by atoms with Gasteiger partial charge in [0.05, 0.1) is 25.5 Å². The van der Waals surface area contributed by atoms with Gasteiger partial charge < -0.3 is 14.4 Å². The summed E-state index contributed by atoms with van der Waals surface area (Å²) in [5, 5.41) is 0. The minimum Gasteiger partial charge on any atom is -0.497 e. The fraction of sp³-hybridized carbons (Fsp3) is 0.379. The van der Waals surface area contributed by atoms with Gasteiger partial charge in [0.1, 0.15) is 23.1 Å². The number of benzene rings is 2. The van der Waals surface area contributed by atoms with E-state index in [9.17, 15) is 18.0 Å². The summed E-state index contributed by atoms with van der Waals surface area (Å²) in [4.78, 5) is 18.8. The van der Waals surface area contributed by atoms with Crippen LogP contribution in [0.2, 0.25) is 0 Å². The van der Waals surface area contributed by atoms with E-state index in [0.717, 1.165) is 28.7 Å². The smallest absolute Gasteiger partial charge is 0.418 e. The molecule has 1 heterocycles. The summed E-state index contributed by atoms with van der Waals surface area (Å²) in [6, 6.07) is 17.6. The van der Waals surface area contributed by atoms with E-state index in [2.05, 4.69) is 4.98 Å². The lowest BCUT2D eigenvalue weighted by atomic mass is 9.76. The van der Waals surface area contributed by atoms with Crippen LogP contribution in [0.1, 0.15) is 54.5 Å². The molecule has 0 amide bonds. The molecule has 2 unspecified atom stereocenters. The Kier molecular flexibility index (Phi) is 8.05. The lowest BCUT2D eigenvalue weighted by Crippen LogP contribution is -2.28. The number of carbonyl (C=O) groups is 1. The van der Waals surface area contributed by atoms with Crippen molar-refractivity contribution in [1.82, 2.24) is 4.98 Å². The number of pyridine rings is 1. The number of aromatic nitrogens is 1. The van der Waals surface area contributed by atoms with Gasteiger partial charge in [-0.3, -0.25) is 4.79 Å². The first-order valence-electron chi connectivity index (χ1n) is 12.3. The zero-order chi connectivity index (χ0) is 26.6. The fourth-order valence-electron chi connectivity index (χ4n) is 4.79. The van der Waals surface area contributed by atoms with E-state index in [1.54, 1.807) is 14.2 Å². The third-order valence-corrected chi connectivity index (χ3v) is 6.97. The molecule has 1 fully saturated rings. The molecule has 2 atom stereocenters. The van der Waals surface area contributed by atoms with Crippen LogP contribution in [0.15, 0.2) is 60.7 Å². The van der Waals surface area contributed by atoms with Crippen molar-refractivity contribution in [1.29, 1.82) is 0 Å². The van der Waals surface area contributed by atoms with Crippen LogP contribution in [0, 0.1) is 5.92 Å². The zero-order valence-electron chi connectivity index (χ0n) is 21.2. The number of carbonyl (C=O) groups excluding carboxylic acids is 1. The highest BCUT2D eigenvalue weighted by Gasteiger charge is 2.39. The molecule has 196 valence electrons. The molecule has 1 aliphatic rings. The van der Waals surface area contributed by atoms with Gasteiger partial charge in [-0.2, -0.15) is 13.2 Å². The standard InChI is InChI=1S/C29H31F3N2O3/c1-19-4-9-22(35)16-25(19)28-26(29(30,31)32)14-15-27(33-28)34(17-20-5-10-23(36-2)11-6-20)18-21-7-12-24(37-3)13-8-21/h5-8,10-15,19,25H,4,9,16-18H2,1-3H3. The van der Waals surface area contributed by atoms with E-state index in [0.29, 0.717) is 31.7 Å². The van der Waals surface area contributed by atoms with Crippen LogP contribution < -0.4 is 14.4 Å². The Morgan fingerprint density at radius 3 is 1.92 bits per heavy atom. The Morgan fingerprint density at radius 1 is 0.892 bits per heavy atom. The third-order valence-electron chi connectivity index (χ3n) is 6.97. The number of hydrogen-bond donors (Lipinski definition) is 0. The van der Waals surface area contributed by atoms with E-state index in [-0.39, 0.29) is 23.8 Å². The Bertz CT molecular complexity index is 1160. The van der Waals surface area contributed by atoms with Crippen molar-refractivity contribution in [2.45, 2.75) is 51.4 Å². The molecular formula is C29H31F3N2O3.